The Hall–Kier alpha value is -2.12. The van der Waals surface area contributed by atoms with Crippen LogP contribution in [-0.2, 0) is 6.54 Å². The number of hydrogen-bond donors (Lipinski definition) is 0. The van der Waals surface area contributed by atoms with Gasteiger partial charge in [0.15, 0.2) is 6.19 Å². The average Bonchev–Trinajstić information content (AvgIpc) is 2.46. The van der Waals surface area contributed by atoms with E-state index in [0.717, 1.165) is 10.5 Å². The maximum atomic E-state index is 12.3. The van der Waals surface area contributed by atoms with Gasteiger partial charge < -0.3 is 0 Å². The van der Waals surface area contributed by atoms with E-state index in [1.54, 1.807) is 18.2 Å². The van der Waals surface area contributed by atoms with Crippen LogP contribution in [0.5, 0.6) is 0 Å². The van der Waals surface area contributed by atoms with E-state index < -0.39 is 0 Å². The van der Waals surface area contributed by atoms with Gasteiger partial charge in [0, 0.05) is 4.47 Å². The zero-order valence-electron chi connectivity index (χ0n) is 10.1. The Morgan fingerprint density at radius 3 is 2.37 bits per heavy atom. The minimum absolute atomic E-state index is 0.275. The first-order valence-electron chi connectivity index (χ1n) is 5.72. The van der Waals surface area contributed by atoms with Gasteiger partial charge in [-0.25, -0.2) is 4.90 Å². The molecule has 0 aliphatic heterocycles. The first-order chi connectivity index (χ1) is 9.22. The second-order valence-corrected chi connectivity index (χ2v) is 4.81. The highest BCUT2D eigenvalue weighted by Crippen LogP contribution is 2.18. The van der Waals surface area contributed by atoms with Crippen molar-refractivity contribution in [2.75, 3.05) is 0 Å². The second kappa shape index (κ2) is 6.17. The smallest absolute Gasteiger partial charge is 0.268 e. The van der Waals surface area contributed by atoms with Crippen molar-refractivity contribution < 1.29 is 4.79 Å². The first-order valence-corrected chi connectivity index (χ1v) is 6.51. The fourth-order valence-corrected chi connectivity index (χ4v) is 2.15. The van der Waals surface area contributed by atoms with Crippen molar-refractivity contribution in [1.82, 2.24) is 4.90 Å². The summed E-state index contributed by atoms with van der Waals surface area (Å²) in [5, 5.41) is 9.15. The third-order valence-corrected chi connectivity index (χ3v) is 3.35. The molecule has 0 heterocycles. The second-order valence-electron chi connectivity index (χ2n) is 3.96. The lowest BCUT2D eigenvalue weighted by atomic mass is 10.1. The van der Waals surface area contributed by atoms with Gasteiger partial charge in [-0.05, 0) is 33.6 Å². The summed E-state index contributed by atoms with van der Waals surface area (Å²) < 4.78 is 0.688. The van der Waals surface area contributed by atoms with Crippen molar-refractivity contribution in [1.29, 1.82) is 5.26 Å². The predicted molar refractivity (Wildman–Crippen MR) is 76.1 cm³/mol. The topological polar surface area (TPSA) is 44.1 Å². The van der Waals surface area contributed by atoms with E-state index in [-0.39, 0.29) is 12.5 Å². The van der Waals surface area contributed by atoms with Crippen molar-refractivity contribution >= 4 is 21.8 Å². The van der Waals surface area contributed by atoms with Crippen molar-refractivity contribution in [3.05, 3.63) is 70.2 Å². The van der Waals surface area contributed by atoms with Crippen molar-refractivity contribution in [2.24, 2.45) is 0 Å². The SMILES string of the molecule is N#CN(Cc1ccccc1)C(=O)c1ccccc1Br. The third kappa shape index (κ3) is 3.21. The van der Waals surface area contributed by atoms with Crippen LogP contribution in [0.1, 0.15) is 15.9 Å². The van der Waals surface area contributed by atoms with Crippen LogP contribution in [-0.4, -0.2) is 10.8 Å². The summed E-state index contributed by atoms with van der Waals surface area (Å²) in [6.07, 6.45) is 1.94. The molecule has 0 saturated heterocycles. The van der Waals surface area contributed by atoms with Gasteiger partial charge in [-0.3, -0.25) is 4.79 Å². The van der Waals surface area contributed by atoms with Crippen LogP contribution in [0.4, 0.5) is 0 Å². The average molecular weight is 315 g/mol. The standard InChI is InChI=1S/C15H11BrN2O/c16-14-9-5-4-8-13(14)15(19)18(11-17)10-12-6-2-1-3-7-12/h1-9H,10H2. The lowest BCUT2D eigenvalue weighted by Gasteiger charge is -2.14. The molecular weight excluding hydrogens is 304 g/mol. The van der Waals surface area contributed by atoms with Crippen LogP contribution in [0, 0.1) is 11.5 Å². The third-order valence-electron chi connectivity index (χ3n) is 2.65. The maximum Gasteiger partial charge on any atom is 0.268 e. The van der Waals surface area contributed by atoms with Crippen molar-refractivity contribution in [2.45, 2.75) is 6.54 Å². The van der Waals surface area contributed by atoms with Crippen LogP contribution in [0.15, 0.2) is 59.1 Å². The van der Waals surface area contributed by atoms with E-state index in [1.165, 1.54) is 0 Å². The van der Waals surface area contributed by atoms with Gasteiger partial charge >= 0.3 is 0 Å². The first kappa shape index (κ1) is 13.3. The molecule has 19 heavy (non-hydrogen) atoms. The summed E-state index contributed by atoms with van der Waals surface area (Å²) in [7, 11) is 0. The number of nitriles is 1. The van der Waals surface area contributed by atoms with Gasteiger partial charge in [0.05, 0.1) is 12.1 Å². The molecule has 0 fully saturated rings. The number of amides is 1. The molecule has 0 radical (unpaired) electrons. The molecule has 2 aromatic rings. The summed E-state index contributed by atoms with van der Waals surface area (Å²) in [6, 6.07) is 16.5. The number of nitrogens with zero attached hydrogens (tertiary/aromatic N) is 2. The highest BCUT2D eigenvalue weighted by molar-refractivity contribution is 9.10. The van der Waals surface area contributed by atoms with Crippen LogP contribution >= 0.6 is 15.9 Å². The van der Waals surface area contributed by atoms with E-state index in [1.807, 2.05) is 42.6 Å². The largest absolute Gasteiger partial charge is 0.268 e. The predicted octanol–water partition coefficient (Wildman–Crippen LogP) is 3.57. The molecule has 0 unspecified atom stereocenters. The minimum Gasteiger partial charge on any atom is -0.268 e. The lowest BCUT2D eigenvalue weighted by Crippen LogP contribution is -2.25. The fraction of sp³-hybridized carbons (Fsp3) is 0.0667. The van der Waals surface area contributed by atoms with E-state index >= 15 is 0 Å². The quantitative estimate of drug-likeness (QED) is 0.642. The Balaban J connectivity index is 2.22. The molecular formula is C15H11BrN2O. The van der Waals surface area contributed by atoms with Crippen LogP contribution in [0.25, 0.3) is 0 Å². The Morgan fingerprint density at radius 1 is 1.11 bits per heavy atom. The summed E-state index contributed by atoms with van der Waals surface area (Å²) in [5.41, 5.74) is 1.41. The Labute approximate surface area is 120 Å². The molecule has 0 N–H and O–H groups in total. The van der Waals surface area contributed by atoms with Gasteiger partial charge in [0.1, 0.15) is 0 Å². The number of rotatable bonds is 3. The van der Waals surface area contributed by atoms with Gasteiger partial charge in [0.2, 0.25) is 0 Å². The van der Waals surface area contributed by atoms with Crippen LogP contribution in [0.2, 0.25) is 0 Å². The van der Waals surface area contributed by atoms with Crippen LogP contribution < -0.4 is 0 Å². The van der Waals surface area contributed by atoms with E-state index in [2.05, 4.69) is 15.9 Å². The van der Waals surface area contributed by atoms with Gasteiger partial charge in [-0.2, -0.15) is 5.26 Å². The molecule has 0 atom stereocenters. The molecule has 94 valence electrons. The number of carbonyl (C=O) groups excluding carboxylic acids is 1. The molecule has 1 amide bonds. The molecule has 0 aliphatic rings. The molecule has 4 heteroatoms. The Bertz CT molecular complexity index is 620. The molecule has 0 aliphatic carbocycles. The number of benzene rings is 2. The highest BCUT2D eigenvalue weighted by atomic mass is 79.9. The summed E-state index contributed by atoms with van der Waals surface area (Å²) in [6.45, 7) is 0.275. The van der Waals surface area contributed by atoms with Gasteiger partial charge in [0.25, 0.3) is 5.91 Å². The highest BCUT2D eigenvalue weighted by Gasteiger charge is 2.17. The zero-order chi connectivity index (χ0) is 13.7. The molecule has 0 spiro atoms. The van der Waals surface area contributed by atoms with E-state index in [9.17, 15) is 4.79 Å². The maximum absolute atomic E-state index is 12.3. The monoisotopic (exact) mass is 314 g/mol. The number of halogens is 1. The normalized spacial score (nSPS) is 9.68. The molecule has 0 bridgehead atoms. The summed E-state index contributed by atoms with van der Waals surface area (Å²) >= 11 is 3.32. The summed E-state index contributed by atoms with van der Waals surface area (Å²) in [4.78, 5) is 13.4. The van der Waals surface area contributed by atoms with E-state index in [4.69, 9.17) is 5.26 Å². The minimum atomic E-state index is -0.307. The Kier molecular flexibility index (Phi) is 4.32. The molecule has 2 aromatic carbocycles. The molecule has 3 nitrogen and oxygen atoms in total. The molecule has 0 saturated carbocycles. The number of hydrogen-bond acceptors (Lipinski definition) is 2. The zero-order valence-corrected chi connectivity index (χ0v) is 11.7. The van der Waals surface area contributed by atoms with Crippen LogP contribution in [0.3, 0.4) is 0 Å². The van der Waals surface area contributed by atoms with Gasteiger partial charge in [-0.1, -0.05) is 42.5 Å². The van der Waals surface area contributed by atoms with E-state index in [0.29, 0.717) is 10.0 Å². The fourth-order valence-electron chi connectivity index (χ4n) is 1.70. The Morgan fingerprint density at radius 2 is 1.74 bits per heavy atom. The molecule has 2 rings (SSSR count). The van der Waals surface area contributed by atoms with Gasteiger partial charge in [-0.15, -0.1) is 0 Å². The number of carbonyl (C=O) groups is 1. The van der Waals surface area contributed by atoms with Crippen molar-refractivity contribution in [3.8, 4) is 6.19 Å². The van der Waals surface area contributed by atoms with Crippen molar-refractivity contribution in [3.63, 3.8) is 0 Å². The summed E-state index contributed by atoms with van der Waals surface area (Å²) in [5.74, 6) is -0.307. The molecule has 0 aromatic heterocycles. The lowest BCUT2D eigenvalue weighted by molar-refractivity contribution is 0.0823.